The first-order chi connectivity index (χ1) is 16.1. The van der Waals surface area contributed by atoms with Crippen LogP contribution >= 0.6 is 0 Å². The number of hydrogen-bond acceptors (Lipinski definition) is 7. The lowest BCUT2D eigenvalue weighted by molar-refractivity contribution is 0.102. The van der Waals surface area contributed by atoms with Crippen LogP contribution in [0.15, 0.2) is 55.0 Å². The van der Waals surface area contributed by atoms with Crippen LogP contribution in [-0.2, 0) is 4.74 Å². The molecule has 1 aliphatic heterocycles. The van der Waals surface area contributed by atoms with Gasteiger partial charge in [0.2, 0.25) is 0 Å². The van der Waals surface area contributed by atoms with Crippen molar-refractivity contribution in [2.75, 3.05) is 55.5 Å². The average molecular weight is 444 g/mol. The van der Waals surface area contributed by atoms with Crippen LogP contribution in [0.1, 0.15) is 10.5 Å². The summed E-state index contributed by atoms with van der Waals surface area (Å²) in [5.41, 5.74) is 4.76. The Hall–Kier alpha value is -3.98. The van der Waals surface area contributed by atoms with Gasteiger partial charge in [-0.05, 0) is 35.9 Å². The molecule has 3 aromatic heterocycles. The molecule has 4 heterocycles. The number of morpholine rings is 1. The molecule has 5 rings (SSSR count). The van der Waals surface area contributed by atoms with Gasteiger partial charge in [-0.25, -0.2) is 4.98 Å². The summed E-state index contributed by atoms with van der Waals surface area (Å²) in [5, 5.41) is 10.8. The quantitative estimate of drug-likeness (QED) is 0.489. The molecule has 0 saturated carbocycles. The Balaban J connectivity index is 1.41. The number of benzene rings is 1. The number of carbonyl (C=O) groups excluding carboxylic acids is 1. The number of hydrogen-bond donors (Lipinski definition) is 2. The Kier molecular flexibility index (Phi) is 5.62. The van der Waals surface area contributed by atoms with E-state index in [0.717, 1.165) is 59.8 Å². The molecule has 9 nitrogen and oxygen atoms in total. The van der Waals surface area contributed by atoms with Crippen molar-refractivity contribution in [3.63, 3.8) is 0 Å². The fourth-order valence-electron chi connectivity index (χ4n) is 3.86. The molecule has 0 radical (unpaired) electrons. The minimum Gasteiger partial charge on any atom is -0.378 e. The topological polar surface area (TPSA) is 99.3 Å². The molecule has 1 aromatic carbocycles. The molecule has 9 heteroatoms. The van der Waals surface area contributed by atoms with Gasteiger partial charge in [0.25, 0.3) is 5.91 Å². The van der Waals surface area contributed by atoms with Crippen molar-refractivity contribution < 1.29 is 9.53 Å². The highest BCUT2D eigenvalue weighted by Gasteiger charge is 2.17. The Labute approximate surface area is 191 Å². The van der Waals surface area contributed by atoms with Crippen LogP contribution in [-0.4, -0.2) is 66.5 Å². The van der Waals surface area contributed by atoms with E-state index in [1.807, 2.05) is 61.7 Å². The normalized spacial score (nSPS) is 13.8. The van der Waals surface area contributed by atoms with E-state index in [9.17, 15) is 4.79 Å². The van der Waals surface area contributed by atoms with E-state index in [2.05, 4.69) is 36.4 Å². The van der Waals surface area contributed by atoms with Crippen molar-refractivity contribution in [2.45, 2.75) is 0 Å². The van der Waals surface area contributed by atoms with Gasteiger partial charge in [0.1, 0.15) is 5.82 Å². The molecule has 0 unspecified atom stereocenters. The third-order valence-corrected chi connectivity index (χ3v) is 5.68. The van der Waals surface area contributed by atoms with E-state index >= 15 is 0 Å². The van der Waals surface area contributed by atoms with Crippen LogP contribution in [0, 0.1) is 0 Å². The molecule has 0 atom stereocenters. The van der Waals surface area contributed by atoms with Crippen molar-refractivity contribution in [3.05, 3.63) is 60.7 Å². The molecule has 168 valence electrons. The summed E-state index contributed by atoms with van der Waals surface area (Å²) < 4.78 is 5.45. The van der Waals surface area contributed by atoms with Crippen LogP contribution in [0.5, 0.6) is 0 Å². The van der Waals surface area contributed by atoms with Gasteiger partial charge in [-0.1, -0.05) is 6.07 Å². The molecule has 1 amide bonds. The number of anilines is 3. The second-order valence-corrected chi connectivity index (χ2v) is 8.12. The number of aromatic nitrogens is 4. The Morgan fingerprint density at radius 3 is 2.67 bits per heavy atom. The first kappa shape index (κ1) is 20.9. The zero-order chi connectivity index (χ0) is 22.8. The number of carbonyl (C=O) groups is 1. The Bertz CT molecular complexity index is 1280. The van der Waals surface area contributed by atoms with Crippen molar-refractivity contribution in [2.24, 2.45) is 0 Å². The number of amides is 1. The van der Waals surface area contributed by atoms with Gasteiger partial charge >= 0.3 is 0 Å². The highest BCUT2D eigenvalue weighted by molar-refractivity contribution is 6.11. The molecule has 0 bridgehead atoms. The third kappa shape index (κ3) is 4.35. The smallest absolute Gasteiger partial charge is 0.276 e. The lowest BCUT2D eigenvalue weighted by atomic mass is 10.0. The molecular weight excluding hydrogens is 418 g/mol. The molecule has 2 N–H and O–H groups in total. The number of rotatable bonds is 5. The van der Waals surface area contributed by atoms with Crippen molar-refractivity contribution in [3.8, 4) is 11.1 Å². The Morgan fingerprint density at radius 1 is 1.06 bits per heavy atom. The number of aromatic amines is 1. The van der Waals surface area contributed by atoms with Gasteiger partial charge in [-0.15, -0.1) is 0 Å². The first-order valence-corrected chi connectivity index (χ1v) is 10.8. The maximum absolute atomic E-state index is 13.0. The lowest BCUT2D eigenvalue weighted by Crippen LogP contribution is -2.36. The number of H-pyrrole nitrogens is 1. The zero-order valence-electron chi connectivity index (χ0n) is 18.6. The number of ether oxygens (including phenoxy) is 1. The molecule has 33 heavy (non-hydrogen) atoms. The number of fused-ring (bicyclic) bond motifs is 1. The summed E-state index contributed by atoms with van der Waals surface area (Å²) in [4.78, 5) is 25.9. The first-order valence-electron chi connectivity index (χ1n) is 10.8. The SMILES string of the molecule is CN(C)c1ccc(NC(=O)c2n[nH]c3ccc(-c4cncc(N5CCOCC5)c4)cc23)cn1. The van der Waals surface area contributed by atoms with Crippen LogP contribution in [0.3, 0.4) is 0 Å². The standard InChI is InChI=1S/C24H25N7O2/c1-30(2)22-6-4-18(14-26-22)27-24(32)23-20-12-16(3-5-21(20)28-29-23)17-11-19(15-25-13-17)31-7-9-33-10-8-31/h3-6,11-15H,7-10H2,1-2H3,(H,27,32)(H,28,29). The van der Waals surface area contributed by atoms with Gasteiger partial charge in [-0.2, -0.15) is 5.10 Å². The van der Waals surface area contributed by atoms with E-state index in [1.54, 1.807) is 6.20 Å². The fourth-order valence-corrected chi connectivity index (χ4v) is 3.86. The van der Waals surface area contributed by atoms with Crippen LogP contribution in [0.4, 0.5) is 17.2 Å². The summed E-state index contributed by atoms with van der Waals surface area (Å²) in [6.07, 6.45) is 5.35. The largest absolute Gasteiger partial charge is 0.378 e. The lowest BCUT2D eigenvalue weighted by Gasteiger charge is -2.28. The predicted octanol–water partition coefficient (Wildman–Crippen LogP) is 3.17. The van der Waals surface area contributed by atoms with Gasteiger partial charge in [-0.3, -0.25) is 14.9 Å². The zero-order valence-corrected chi connectivity index (χ0v) is 18.6. The van der Waals surface area contributed by atoms with E-state index in [1.165, 1.54) is 0 Å². The van der Waals surface area contributed by atoms with E-state index in [0.29, 0.717) is 11.4 Å². The summed E-state index contributed by atoms with van der Waals surface area (Å²) in [7, 11) is 3.83. The second-order valence-electron chi connectivity index (χ2n) is 8.12. The maximum Gasteiger partial charge on any atom is 0.276 e. The highest BCUT2D eigenvalue weighted by Crippen LogP contribution is 2.28. The van der Waals surface area contributed by atoms with E-state index in [-0.39, 0.29) is 5.91 Å². The van der Waals surface area contributed by atoms with E-state index in [4.69, 9.17) is 4.74 Å². The van der Waals surface area contributed by atoms with Crippen LogP contribution in [0.25, 0.3) is 22.0 Å². The van der Waals surface area contributed by atoms with Crippen LogP contribution < -0.4 is 15.1 Å². The minimum absolute atomic E-state index is 0.294. The summed E-state index contributed by atoms with van der Waals surface area (Å²) in [6, 6.07) is 11.7. The molecular formula is C24H25N7O2. The fraction of sp³-hybridized carbons (Fsp3) is 0.250. The van der Waals surface area contributed by atoms with Crippen molar-refractivity contribution >= 4 is 34.0 Å². The molecule has 0 spiro atoms. The maximum atomic E-state index is 13.0. The van der Waals surface area contributed by atoms with Crippen molar-refractivity contribution in [1.82, 2.24) is 20.2 Å². The number of pyridine rings is 2. The van der Waals surface area contributed by atoms with Gasteiger partial charge in [0.15, 0.2) is 5.69 Å². The average Bonchev–Trinajstić information content (AvgIpc) is 3.28. The highest BCUT2D eigenvalue weighted by atomic mass is 16.5. The molecule has 1 aliphatic rings. The molecule has 1 saturated heterocycles. The Morgan fingerprint density at radius 2 is 1.91 bits per heavy atom. The second kappa shape index (κ2) is 8.87. The minimum atomic E-state index is -0.294. The van der Waals surface area contributed by atoms with Crippen molar-refractivity contribution in [1.29, 1.82) is 0 Å². The van der Waals surface area contributed by atoms with E-state index < -0.39 is 0 Å². The summed E-state index contributed by atoms with van der Waals surface area (Å²) >= 11 is 0. The summed E-state index contributed by atoms with van der Waals surface area (Å²) in [6.45, 7) is 3.13. The van der Waals surface area contributed by atoms with Crippen LogP contribution in [0.2, 0.25) is 0 Å². The predicted molar refractivity (Wildman–Crippen MR) is 129 cm³/mol. The third-order valence-electron chi connectivity index (χ3n) is 5.68. The number of nitrogens with one attached hydrogen (secondary N) is 2. The molecule has 0 aliphatic carbocycles. The molecule has 1 fully saturated rings. The number of nitrogens with zero attached hydrogens (tertiary/aromatic N) is 5. The van der Waals surface area contributed by atoms with Gasteiger partial charge < -0.3 is 19.9 Å². The molecule has 4 aromatic rings. The van der Waals surface area contributed by atoms with Gasteiger partial charge in [0, 0.05) is 44.3 Å². The van der Waals surface area contributed by atoms with Gasteiger partial charge in [0.05, 0.1) is 42.5 Å². The summed E-state index contributed by atoms with van der Waals surface area (Å²) in [5.74, 6) is 0.522. The monoisotopic (exact) mass is 443 g/mol.